The molecule has 3 heteroatoms. The Labute approximate surface area is 106 Å². The van der Waals surface area contributed by atoms with E-state index in [1.165, 1.54) is 0 Å². The molecule has 1 rings (SSSR count). The van der Waals surface area contributed by atoms with Gasteiger partial charge in [-0.25, -0.2) is 0 Å². The largest absolute Gasteiger partial charge is 0.445 e. The Bertz CT molecular complexity index is 335. The van der Waals surface area contributed by atoms with Gasteiger partial charge in [0.1, 0.15) is 0 Å². The quantitative estimate of drug-likeness (QED) is 0.546. The highest BCUT2D eigenvalue weighted by molar-refractivity contribution is 6.62. The van der Waals surface area contributed by atoms with Crippen molar-refractivity contribution in [2.45, 2.75) is 27.7 Å². The Kier molecular flexibility index (Phi) is 13.2. The van der Waals surface area contributed by atoms with Gasteiger partial charge < -0.3 is 5.02 Å². The molecular weight excluding hydrogens is 209 g/mol. The average molecular weight is 231 g/mol. The van der Waals surface area contributed by atoms with Crippen LogP contribution in [0.15, 0.2) is 40.8 Å². The average Bonchev–Trinajstić information content (AvgIpc) is 2.33. The van der Waals surface area contributed by atoms with E-state index in [2.05, 4.69) is 23.9 Å². The maximum atomic E-state index is 9.51. The predicted molar refractivity (Wildman–Crippen MR) is 79.2 cm³/mol. The van der Waals surface area contributed by atoms with Crippen LogP contribution >= 0.6 is 0 Å². The molecule has 1 aliphatic rings. The molecule has 1 N–H and O–H groups in total. The Morgan fingerprint density at radius 1 is 1.59 bits per heavy atom. The lowest BCUT2D eigenvalue weighted by molar-refractivity contribution is 0.580. The van der Waals surface area contributed by atoms with Gasteiger partial charge in [0.2, 0.25) is 0 Å². The second kappa shape index (κ2) is 12.5. The molecule has 0 saturated heterocycles. The zero-order valence-corrected chi connectivity index (χ0v) is 11.3. The van der Waals surface area contributed by atoms with Crippen LogP contribution in [0.4, 0.5) is 0 Å². The number of terminal acetylenes is 1. The first kappa shape index (κ1) is 17.9. The van der Waals surface area contributed by atoms with E-state index in [1.807, 2.05) is 32.9 Å². The number of allylic oxidation sites excluding steroid dienone is 5. The summed E-state index contributed by atoms with van der Waals surface area (Å²) in [6.07, 6.45) is 12.3. The van der Waals surface area contributed by atoms with Crippen LogP contribution in [0.25, 0.3) is 0 Å². The van der Waals surface area contributed by atoms with Gasteiger partial charge in [-0.05, 0) is 24.9 Å². The van der Waals surface area contributed by atoms with Gasteiger partial charge in [-0.3, -0.25) is 4.99 Å². The maximum absolute atomic E-state index is 9.51. The summed E-state index contributed by atoms with van der Waals surface area (Å²) in [7, 11) is 0. The lowest BCUT2D eigenvalue weighted by Gasteiger charge is -2.14. The van der Waals surface area contributed by atoms with Crippen molar-refractivity contribution in [2.75, 3.05) is 6.44 Å². The predicted octanol–water partition coefficient (Wildman–Crippen LogP) is 2.86. The lowest BCUT2D eigenvalue weighted by Crippen LogP contribution is -2.26. The molecule has 0 amide bonds. The fraction of sp³-hybridized carbons (Fsp3) is 0.357. The van der Waals surface area contributed by atoms with Crippen molar-refractivity contribution in [3.8, 4) is 12.3 Å². The van der Waals surface area contributed by atoms with Crippen molar-refractivity contribution in [1.29, 1.82) is 0 Å². The zero-order chi connectivity index (χ0) is 13.7. The van der Waals surface area contributed by atoms with Crippen molar-refractivity contribution in [2.24, 2.45) is 4.99 Å². The molecule has 0 spiro atoms. The maximum Gasteiger partial charge on any atom is 0.346 e. The minimum Gasteiger partial charge on any atom is -0.445 e. The van der Waals surface area contributed by atoms with Gasteiger partial charge >= 0.3 is 6.92 Å². The van der Waals surface area contributed by atoms with Gasteiger partial charge in [-0.15, -0.1) is 12.3 Å². The van der Waals surface area contributed by atoms with Crippen LogP contribution in [0.2, 0.25) is 0 Å². The molecule has 0 aromatic carbocycles. The van der Waals surface area contributed by atoms with E-state index in [4.69, 9.17) is 0 Å². The molecule has 0 aromatic heterocycles. The van der Waals surface area contributed by atoms with Crippen LogP contribution in [0.5, 0.6) is 0 Å². The van der Waals surface area contributed by atoms with Gasteiger partial charge in [-0.2, -0.15) is 0 Å². The molecule has 0 aliphatic carbocycles. The molecule has 0 atom stereocenters. The first-order chi connectivity index (χ1) is 8.21. The van der Waals surface area contributed by atoms with Crippen LogP contribution < -0.4 is 0 Å². The van der Waals surface area contributed by atoms with E-state index < -0.39 is 6.92 Å². The smallest absolute Gasteiger partial charge is 0.346 e. The van der Waals surface area contributed by atoms with E-state index in [0.717, 1.165) is 11.0 Å². The molecule has 0 radical (unpaired) electrons. The fourth-order valence-electron chi connectivity index (χ4n) is 1.24. The normalized spacial score (nSPS) is 17.5. The first-order valence-corrected chi connectivity index (χ1v) is 5.75. The molecule has 0 aromatic rings. The molecule has 2 nitrogen and oxygen atoms in total. The number of nitrogens with zero attached hydrogens (tertiary/aromatic N) is 1. The minimum atomic E-state index is -0.453. The zero-order valence-electron chi connectivity index (χ0n) is 11.3. The Balaban J connectivity index is 0. The highest BCUT2D eigenvalue weighted by Crippen LogP contribution is 2.14. The summed E-state index contributed by atoms with van der Waals surface area (Å²) >= 11 is 0. The van der Waals surface area contributed by atoms with Crippen molar-refractivity contribution in [3.63, 3.8) is 0 Å². The van der Waals surface area contributed by atoms with Crippen molar-refractivity contribution in [3.05, 3.63) is 35.9 Å². The summed E-state index contributed by atoms with van der Waals surface area (Å²) in [5, 5.41) is 9.51. The molecule has 92 valence electrons. The standard InChI is InChI=1S/C9H12BNO.C3H4.C2H6/c1-3-5-8-6-11-7-10(12)9(8)4-2;1-3-2;1-2/h3-6,12H,1,7H2,2H3;1H,2H3;1-2H3/b8-5-,9-4+;;. The van der Waals surface area contributed by atoms with Gasteiger partial charge in [-0.1, -0.05) is 38.7 Å². The SMILES string of the molecule is C#CC.C=C/C=C1/C=NCB(O)/C1=C/C.CC. The van der Waals surface area contributed by atoms with Gasteiger partial charge in [0.15, 0.2) is 0 Å². The van der Waals surface area contributed by atoms with Crippen molar-refractivity contribution < 1.29 is 5.02 Å². The summed E-state index contributed by atoms with van der Waals surface area (Å²) in [4.78, 5) is 4.02. The molecule has 17 heavy (non-hydrogen) atoms. The molecule has 0 saturated carbocycles. The minimum absolute atomic E-state index is 0.453. The van der Waals surface area contributed by atoms with Crippen molar-refractivity contribution >= 4 is 13.1 Å². The summed E-state index contributed by atoms with van der Waals surface area (Å²) in [5.74, 6) is 2.25. The fourth-order valence-corrected chi connectivity index (χ4v) is 1.24. The molecule has 0 fully saturated rings. The molecule has 0 bridgehead atoms. The van der Waals surface area contributed by atoms with Gasteiger partial charge in [0.25, 0.3) is 0 Å². The molecule has 1 heterocycles. The van der Waals surface area contributed by atoms with Crippen LogP contribution in [0, 0.1) is 12.3 Å². The van der Waals surface area contributed by atoms with E-state index >= 15 is 0 Å². The van der Waals surface area contributed by atoms with Crippen LogP contribution in [-0.4, -0.2) is 24.6 Å². The summed E-state index contributed by atoms with van der Waals surface area (Å²) in [6, 6.07) is 0. The van der Waals surface area contributed by atoms with E-state index in [-0.39, 0.29) is 0 Å². The molecular formula is C14H22BNO. The third-order valence-electron chi connectivity index (χ3n) is 1.81. The monoisotopic (exact) mass is 231 g/mol. The second-order valence-electron chi connectivity index (χ2n) is 2.90. The third-order valence-corrected chi connectivity index (χ3v) is 1.81. The van der Waals surface area contributed by atoms with Crippen LogP contribution in [0.3, 0.4) is 0 Å². The number of hydrogen-bond acceptors (Lipinski definition) is 2. The lowest BCUT2D eigenvalue weighted by atomic mass is 9.57. The van der Waals surface area contributed by atoms with Gasteiger partial charge in [0, 0.05) is 12.7 Å². The summed E-state index contributed by atoms with van der Waals surface area (Å²) in [5.41, 5.74) is 1.89. The topological polar surface area (TPSA) is 32.6 Å². The highest BCUT2D eigenvalue weighted by atomic mass is 16.2. The number of hydrogen-bond donors (Lipinski definition) is 1. The van der Waals surface area contributed by atoms with Crippen molar-refractivity contribution in [1.82, 2.24) is 0 Å². The van der Waals surface area contributed by atoms with E-state index in [1.54, 1.807) is 19.2 Å². The molecule has 1 aliphatic heterocycles. The first-order valence-electron chi connectivity index (χ1n) is 5.75. The van der Waals surface area contributed by atoms with Crippen LogP contribution in [0.1, 0.15) is 27.7 Å². The Hall–Kier alpha value is -1.53. The Morgan fingerprint density at radius 3 is 2.53 bits per heavy atom. The number of rotatable bonds is 1. The Morgan fingerprint density at radius 2 is 2.12 bits per heavy atom. The van der Waals surface area contributed by atoms with E-state index in [0.29, 0.717) is 6.44 Å². The van der Waals surface area contributed by atoms with Gasteiger partial charge in [0.05, 0.1) is 0 Å². The second-order valence-corrected chi connectivity index (χ2v) is 2.90. The summed E-state index contributed by atoms with van der Waals surface area (Å²) < 4.78 is 0. The molecule has 0 unspecified atom stereocenters. The van der Waals surface area contributed by atoms with E-state index in [9.17, 15) is 5.02 Å². The highest BCUT2D eigenvalue weighted by Gasteiger charge is 2.21. The number of aliphatic imine (C=N–C) groups is 1. The summed E-state index contributed by atoms with van der Waals surface area (Å²) in [6.45, 7) is 10.7. The van der Waals surface area contributed by atoms with Crippen LogP contribution in [-0.2, 0) is 0 Å². The third kappa shape index (κ3) is 7.38.